The van der Waals surface area contributed by atoms with E-state index in [9.17, 15) is 10.1 Å². The molecule has 0 aromatic heterocycles. The van der Waals surface area contributed by atoms with Gasteiger partial charge in [-0.25, -0.2) is 0 Å². The first-order valence-corrected chi connectivity index (χ1v) is 5.34. The zero-order chi connectivity index (χ0) is 12.3. The fourth-order valence-corrected chi connectivity index (χ4v) is 1.94. The number of ether oxygens (including phenoxy) is 1. The molecular formula is C10H11Cl2NO3. The Morgan fingerprint density at radius 3 is 2.50 bits per heavy atom. The predicted molar refractivity (Wildman–Crippen MR) is 62.7 cm³/mol. The van der Waals surface area contributed by atoms with Gasteiger partial charge < -0.3 is 4.74 Å². The van der Waals surface area contributed by atoms with E-state index in [1.807, 2.05) is 0 Å². The first-order chi connectivity index (χ1) is 7.47. The van der Waals surface area contributed by atoms with Crippen LogP contribution in [0.15, 0.2) is 18.2 Å². The standard InChI is InChI=1S/C10H11Cl2NO3/c1-6(13(14)15)10(16-2)8-4-3-7(11)5-9(8)12/h3-6,10H,1-2H3. The van der Waals surface area contributed by atoms with Gasteiger partial charge in [0.05, 0.1) is 0 Å². The summed E-state index contributed by atoms with van der Waals surface area (Å²) in [5.41, 5.74) is 0.567. The lowest BCUT2D eigenvalue weighted by atomic mass is 10.0. The van der Waals surface area contributed by atoms with E-state index < -0.39 is 17.1 Å². The average Bonchev–Trinajstić information content (AvgIpc) is 2.21. The first-order valence-electron chi connectivity index (χ1n) is 4.58. The Hall–Kier alpha value is -0.840. The van der Waals surface area contributed by atoms with Crippen molar-refractivity contribution in [2.24, 2.45) is 0 Å². The van der Waals surface area contributed by atoms with Crippen LogP contribution >= 0.6 is 23.2 Å². The van der Waals surface area contributed by atoms with Crippen molar-refractivity contribution in [3.8, 4) is 0 Å². The Bertz CT molecular complexity index is 398. The van der Waals surface area contributed by atoms with E-state index in [4.69, 9.17) is 27.9 Å². The molecule has 0 saturated carbocycles. The summed E-state index contributed by atoms with van der Waals surface area (Å²) in [7, 11) is 1.41. The van der Waals surface area contributed by atoms with Crippen molar-refractivity contribution in [1.29, 1.82) is 0 Å². The van der Waals surface area contributed by atoms with Crippen LogP contribution in [-0.2, 0) is 4.74 Å². The quantitative estimate of drug-likeness (QED) is 0.619. The van der Waals surface area contributed by atoms with Gasteiger partial charge in [0.25, 0.3) is 0 Å². The van der Waals surface area contributed by atoms with E-state index in [0.29, 0.717) is 15.6 Å². The highest BCUT2D eigenvalue weighted by atomic mass is 35.5. The van der Waals surface area contributed by atoms with E-state index in [0.717, 1.165) is 0 Å². The van der Waals surface area contributed by atoms with Gasteiger partial charge in [0.2, 0.25) is 6.04 Å². The van der Waals surface area contributed by atoms with Gasteiger partial charge in [-0.1, -0.05) is 29.3 Å². The molecular weight excluding hydrogens is 253 g/mol. The summed E-state index contributed by atoms with van der Waals surface area (Å²) in [6, 6.07) is 3.93. The summed E-state index contributed by atoms with van der Waals surface area (Å²) in [6.45, 7) is 1.47. The monoisotopic (exact) mass is 263 g/mol. The number of halogens is 2. The highest BCUT2D eigenvalue weighted by Gasteiger charge is 2.29. The number of benzene rings is 1. The van der Waals surface area contributed by atoms with E-state index in [1.54, 1.807) is 12.1 Å². The Morgan fingerprint density at radius 1 is 1.44 bits per heavy atom. The maximum absolute atomic E-state index is 10.7. The van der Waals surface area contributed by atoms with Crippen molar-refractivity contribution < 1.29 is 9.66 Å². The molecule has 2 unspecified atom stereocenters. The van der Waals surface area contributed by atoms with E-state index in [-0.39, 0.29) is 0 Å². The van der Waals surface area contributed by atoms with Crippen LogP contribution in [0.3, 0.4) is 0 Å². The fourth-order valence-electron chi connectivity index (χ4n) is 1.43. The number of nitrogens with zero attached hydrogens (tertiary/aromatic N) is 1. The minimum atomic E-state index is -0.872. The summed E-state index contributed by atoms with van der Waals surface area (Å²) in [4.78, 5) is 10.3. The molecule has 0 fully saturated rings. The number of hydrogen-bond donors (Lipinski definition) is 0. The fraction of sp³-hybridized carbons (Fsp3) is 0.400. The minimum absolute atomic E-state index is 0.369. The van der Waals surface area contributed by atoms with Crippen LogP contribution in [-0.4, -0.2) is 18.1 Å². The molecule has 0 aliphatic heterocycles. The molecule has 0 spiro atoms. The second kappa shape index (κ2) is 5.48. The Morgan fingerprint density at radius 2 is 2.06 bits per heavy atom. The summed E-state index contributed by atoms with van der Waals surface area (Å²) >= 11 is 11.7. The molecule has 0 aliphatic carbocycles. The highest BCUT2D eigenvalue weighted by Crippen LogP contribution is 2.30. The molecule has 0 N–H and O–H groups in total. The maximum atomic E-state index is 10.7. The molecule has 0 aliphatic rings. The molecule has 0 saturated heterocycles. The van der Waals surface area contributed by atoms with E-state index in [2.05, 4.69) is 0 Å². The Balaban J connectivity index is 3.08. The molecule has 1 rings (SSSR count). The summed E-state index contributed by atoms with van der Waals surface area (Å²) in [5.74, 6) is 0. The lowest BCUT2D eigenvalue weighted by Crippen LogP contribution is -2.25. The summed E-state index contributed by atoms with van der Waals surface area (Å²) in [6.07, 6.45) is -0.681. The van der Waals surface area contributed by atoms with Gasteiger partial charge in [-0.2, -0.15) is 0 Å². The van der Waals surface area contributed by atoms with Crippen molar-refractivity contribution in [3.05, 3.63) is 43.9 Å². The van der Waals surface area contributed by atoms with Gasteiger partial charge in [0.1, 0.15) is 0 Å². The third-order valence-electron chi connectivity index (χ3n) is 2.29. The molecule has 1 aromatic rings. The van der Waals surface area contributed by atoms with Crippen molar-refractivity contribution in [3.63, 3.8) is 0 Å². The zero-order valence-electron chi connectivity index (χ0n) is 8.81. The van der Waals surface area contributed by atoms with Crippen LogP contribution in [0, 0.1) is 10.1 Å². The molecule has 0 heterocycles. The number of rotatable bonds is 4. The largest absolute Gasteiger partial charge is 0.370 e. The second-order valence-electron chi connectivity index (χ2n) is 3.35. The third kappa shape index (κ3) is 2.84. The molecule has 16 heavy (non-hydrogen) atoms. The van der Waals surface area contributed by atoms with Gasteiger partial charge in [-0.15, -0.1) is 0 Å². The average molecular weight is 264 g/mol. The number of hydrogen-bond acceptors (Lipinski definition) is 3. The molecule has 0 bridgehead atoms. The Kier molecular flexibility index (Phi) is 4.53. The van der Waals surface area contributed by atoms with Gasteiger partial charge in [-0.3, -0.25) is 10.1 Å². The second-order valence-corrected chi connectivity index (χ2v) is 4.19. The van der Waals surface area contributed by atoms with Crippen LogP contribution in [0.5, 0.6) is 0 Å². The molecule has 0 amide bonds. The van der Waals surface area contributed by atoms with Crippen molar-refractivity contribution >= 4 is 23.2 Å². The van der Waals surface area contributed by atoms with Crippen molar-refractivity contribution in [2.75, 3.05) is 7.11 Å². The smallest absolute Gasteiger partial charge is 0.240 e. The molecule has 6 heteroatoms. The van der Waals surface area contributed by atoms with Gasteiger partial charge in [-0.05, 0) is 12.1 Å². The zero-order valence-corrected chi connectivity index (χ0v) is 10.3. The van der Waals surface area contributed by atoms with Gasteiger partial charge in [0, 0.05) is 34.6 Å². The van der Waals surface area contributed by atoms with E-state index in [1.165, 1.54) is 20.1 Å². The van der Waals surface area contributed by atoms with Gasteiger partial charge >= 0.3 is 0 Å². The van der Waals surface area contributed by atoms with Gasteiger partial charge in [0.15, 0.2) is 6.10 Å². The number of nitro groups is 1. The van der Waals surface area contributed by atoms with Crippen molar-refractivity contribution in [1.82, 2.24) is 0 Å². The molecule has 1 aromatic carbocycles. The first kappa shape index (κ1) is 13.2. The SMILES string of the molecule is COC(c1ccc(Cl)cc1Cl)C(C)[N+](=O)[O-]. The Labute approximate surface area is 103 Å². The van der Waals surface area contributed by atoms with Crippen LogP contribution in [0.1, 0.15) is 18.6 Å². The summed E-state index contributed by atoms with van der Waals surface area (Å²) in [5, 5.41) is 11.6. The molecule has 0 radical (unpaired) electrons. The minimum Gasteiger partial charge on any atom is -0.370 e. The molecule has 4 nitrogen and oxygen atoms in total. The van der Waals surface area contributed by atoms with Crippen molar-refractivity contribution in [2.45, 2.75) is 19.1 Å². The van der Waals surface area contributed by atoms with Crippen LogP contribution in [0.4, 0.5) is 0 Å². The molecule has 88 valence electrons. The topological polar surface area (TPSA) is 52.4 Å². The van der Waals surface area contributed by atoms with Crippen LogP contribution in [0.25, 0.3) is 0 Å². The van der Waals surface area contributed by atoms with Crippen LogP contribution in [0.2, 0.25) is 10.0 Å². The normalized spacial score (nSPS) is 14.5. The van der Waals surface area contributed by atoms with Crippen LogP contribution < -0.4 is 0 Å². The molecule has 2 atom stereocenters. The third-order valence-corrected chi connectivity index (χ3v) is 2.86. The van der Waals surface area contributed by atoms with E-state index >= 15 is 0 Å². The predicted octanol–water partition coefficient (Wildman–Crippen LogP) is 3.35. The number of methoxy groups -OCH3 is 1. The lowest BCUT2D eigenvalue weighted by molar-refractivity contribution is -0.531. The highest BCUT2D eigenvalue weighted by molar-refractivity contribution is 6.35. The lowest BCUT2D eigenvalue weighted by Gasteiger charge is -2.18. The maximum Gasteiger partial charge on any atom is 0.240 e. The summed E-state index contributed by atoms with van der Waals surface area (Å²) < 4.78 is 5.11.